The molecule has 0 unspecified atom stereocenters. The van der Waals surface area contributed by atoms with Crippen LogP contribution in [0, 0.1) is 0 Å². The van der Waals surface area contributed by atoms with Crippen molar-refractivity contribution in [3.05, 3.63) is 30.0 Å². The van der Waals surface area contributed by atoms with E-state index in [0.29, 0.717) is 12.8 Å². The van der Waals surface area contributed by atoms with E-state index in [-0.39, 0.29) is 17.4 Å². The number of rotatable bonds is 5. The fourth-order valence-electron chi connectivity index (χ4n) is 2.37. The number of aryl methyl sites for hydroxylation is 1. The molecule has 1 aromatic heterocycles. The second-order valence-corrected chi connectivity index (χ2v) is 5.12. The fourth-order valence-corrected chi connectivity index (χ4v) is 2.37. The number of hydrogen-bond donors (Lipinski definition) is 0. The van der Waals surface area contributed by atoms with Crippen molar-refractivity contribution in [2.24, 2.45) is 0 Å². The van der Waals surface area contributed by atoms with Crippen LogP contribution in [0.25, 0.3) is 10.9 Å². The smallest absolute Gasteiger partial charge is 0.404 e. The third-order valence-electron chi connectivity index (χ3n) is 3.34. The van der Waals surface area contributed by atoms with Gasteiger partial charge in [0.05, 0.1) is 11.1 Å². The van der Waals surface area contributed by atoms with Crippen LogP contribution in [0.3, 0.4) is 0 Å². The molecule has 132 valence electrons. The number of ether oxygens (including phenoxy) is 1. The van der Waals surface area contributed by atoms with E-state index in [2.05, 4.69) is 4.74 Å². The Hall–Kier alpha value is -2.19. The van der Waals surface area contributed by atoms with Gasteiger partial charge in [-0.3, -0.25) is 4.79 Å². The van der Waals surface area contributed by atoms with E-state index in [0.717, 1.165) is 18.3 Å². The number of para-hydroxylation sites is 1. The van der Waals surface area contributed by atoms with Crippen LogP contribution in [0.1, 0.15) is 30.1 Å². The maximum atomic E-state index is 12.7. The maximum absolute atomic E-state index is 12.7. The van der Waals surface area contributed by atoms with E-state index in [1.54, 1.807) is 0 Å². The summed E-state index contributed by atoms with van der Waals surface area (Å²) in [5.41, 5.74) is -0.878. The minimum Gasteiger partial charge on any atom is -0.404 e. The van der Waals surface area contributed by atoms with Gasteiger partial charge in [-0.1, -0.05) is 25.5 Å². The lowest BCUT2D eigenvalue weighted by Crippen LogP contribution is -2.22. The monoisotopic (exact) mass is 353 g/mol. The Labute approximate surface area is 132 Å². The third kappa shape index (κ3) is 3.82. The van der Waals surface area contributed by atoms with Crippen LogP contribution < -0.4 is 4.74 Å². The maximum Gasteiger partial charge on any atom is 0.573 e. The lowest BCUT2D eigenvalue weighted by atomic mass is 10.1. The van der Waals surface area contributed by atoms with Crippen molar-refractivity contribution in [3.8, 4) is 5.75 Å². The highest BCUT2D eigenvalue weighted by molar-refractivity contribution is 6.11. The first kappa shape index (κ1) is 18.2. The molecule has 2 aromatic rings. The van der Waals surface area contributed by atoms with E-state index in [9.17, 15) is 31.1 Å². The molecule has 24 heavy (non-hydrogen) atoms. The molecule has 0 saturated heterocycles. The molecule has 0 aliphatic heterocycles. The van der Waals surface area contributed by atoms with Crippen LogP contribution in [0.4, 0.5) is 26.3 Å². The molecule has 9 heteroatoms. The molecule has 0 aliphatic rings. The van der Waals surface area contributed by atoms with E-state index in [1.807, 2.05) is 6.92 Å². The van der Waals surface area contributed by atoms with Crippen LogP contribution in [-0.2, 0) is 6.54 Å². The van der Waals surface area contributed by atoms with E-state index < -0.39 is 29.6 Å². The number of unbranched alkanes of at least 4 members (excludes halogenated alkanes) is 1. The summed E-state index contributed by atoms with van der Waals surface area (Å²) < 4.78 is 80.9. The van der Waals surface area contributed by atoms with Crippen molar-refractivity contribution in [1.29, 1.82) is 0 Å². The molecule has 0 amide bonds. The number of hydrogen-bond acceptors (Lipinski definition) is 2. The molecule has 0 saturated carbocycles. The minimum absolute atomic E-state index is 0.163. The van der Waals surface area contributed by atoms with Gasteiger partial charge in [0.15, 0.2) is 5.75 Å². The Morgan fingerprint density at radius 1 is 1.17 bits per heavy atom. The number of aromatic nitrogens is 1. The average molecular weight is 353 g/mol. The van der Waals surface area contributed by atoms with Crippen LogP contribution in [0.5, 0.6) is 5.75 Å². The number of carbonyl (C=O) groups is 1. The highest BCUT2D eigenvalue weighted by atomic mass is 19.4. The van der Waals surface area contributed by atoms with Crippen LogP contribution in [-0.4, -0.2) is 22.9 Å². The number of Topliss-reactive ketones (excluding diaryl/α,β-unsaturated/α-hetero) is 1. The molecule has 3 nitrogen and oxygen atoms in total. The second kappa shape index (κ2) is 6.37. The standard InChI is InChI=1S/C15H13F6NO2/c1-2-3-7-22-8-10(13(23)14(16,17)18)9-5-4-6-11(12(9)22)24-15(19,20)21/h4-6,8H,2-3,7H2,1H3. The van der Waals surface area contributed by atoms with E-state index in [4.69, 9.17) is 0 Å². The van der Waals surface area contributed by atoms with Gasteiger partial charge in [0.25, 0.3) is 5.78 Å². The lowest BCUT2D eigenvalue weighted by Gasteiger charge is -2.12. The predicted molar refractivity (Wildman–Crippen MR) is 73.9 cm³/mol. The summed E-state index contributed by atoms with van der Waals surface area (Å²) in [6.07, 6.45) is -8.00. The van der Waals surface area contributed by atoms with Crippen molar-refractivity contribution < 1.29 is 35.9 Å². The number of ketones is 1. The fraction of sp³-hybridized carbons (Fsp3) is 0.400. The zero-order valence-electron chi connectivity index (χ0n) is 12.5. The van der Waals surface area contributed by atoms with E-state index in [1.165, 1.54) is 10.6 Å². The first-order chi connectivity index (χ1) is 11.0. The molecule has 1 heterocycles. The molecule has 0 atom stereocenters. The number of carbonyl (C=O) groups excluding carboxylic acids is 1. The minimum atomic E-state index is -5.12. The molecule has 0 fully saturated rings. The summed E-state index contributed by atoms with van der Waals surface area (Å²) >= 11 is 0. The first-order valence-corrected chi connectivity index (χ1v) is 7.03. The molecular formula is C15H13F6NO2. The van der Waals surface area contributed by atoms with Crippen molar-refractivity contribution in [2.75, 3.05) is 0 Å². The van der Waals surface area contributed by atoms with E-state index >= 15 is 0 Å². The van der Waals surface area contributed by atoms with Crippen LogP contribution >= 0.6 is 0 Å². The quantitative estimate of drug-likeness (QED) is 0.554. The third-order valence-corrected chi connectivity index (χ3v) is 3.34. The normalized spacial score (nSPS) is 12.6. The Morgan fingerprint density at radius 3 is 2.38 bits per heavy atom. The van der Waals surface area contributed by atoms with Gasteiger partial charge in [-0.15, -0.1) is 13.2 Å². The molecule has 2 rings (SSSR count). The largest absolute Gasteiger partial charge is 0.573 e. The topological polar surface area (TPSA) is 31.2 Å². The summed E-state index contributed by atoms with van der Waals surface area (Å²) in [4.78, 5) is 11.6. The first-order valence-electron chi connectivity index (χ1n) is 7.03. The molecule has 0 radical (unpaired) electrons. The molecule has 0 spiro atoms. The number of benzene rings is 1. The van der Waals surface area contributed by atoms with Gasteiger partial charge in [0.2, 0.25) is 0 Å². The van der Waals surface area contributed by atoms with Crippen LogP contribution in [0.15, 0.2) is 24.4 Å². The van der Waals surface area contributed by atoms with Gasteiger partial charge in [-0.2, -0.15) is 13.2 Å². The number of halogens is 6. The lowest BCUT2D eigenvalue weighted by molar-refractivity contribution is -0.274. The highest BCUT2D eigenvalue weighted by Gasteiger charge is 2.41. The van der Waals surface area contributed by atoms with Gasteiger partial charge >= 0.3 is 12.5 Å². The van der Waals surface area contributed by atoms with Gasteiger partial charge in [-0.05, 0) is 12.5 Å². The SMILES string of the molecule is CCCCn1cc(C(=O)C(F)(F)F)c2cccc(OC(F)(F)F)c21. The zero-order valence-corrected chi connectivity index (χ0v) is 12.5. The molecule has 0 bridgehead atoms. The summed E-state index contributed by atoms with van der Waals surface area (Å²) in [5.74, 6) is -2.75. The number of nitrogens with zero attached hydrogens (tertiary/aromatic N) is 1. The van der Waals surface area contributed by atoms with Crippen molar-refractivity contribution >= 4 is 16.7 Å². The van der Waals surface area contributed by atoms with Crippen LogP contribution in [0.2, 0.25) is 0 Å². The van der Waals surface area contributed by atoms with Crippen molar-refractivity contribution in [1.82, 2.24) is 4.57 Å². The zero-order chi connectivity index (χ0) is 18.1. The Morgan fingerprint density at radius 2 is 1.83 bits per heavy atom. The second-order valence-electron chi connectivity index (χ2n) is 5.12. The average Bonchev–Trinajstić information content (AvgIpc) is 2.81. The number of alkyl halides is 6. The molecule has 1 aromatic carbocycles. The van der Waals surface area contributed by atoms with Crippen molar-refractivity contribution in [3.63, 3.8) is 0 Å². The van der Waals surface area contributed by atoms with Gasteiger partial charge in [-0.25, -0.2) is 0 Å². The van der Waals surface area contributed by atoms with Gasteiger partial charge in [0.1, 0.15) is 0 Å². The Bertz CT molecular complexity index is 745. The van der Waals surface area contributed by atoms with Crippen molar-refractivity contribution in [2.45, 2.75) is 38.8 Å². The summed E-state index contributed by atoms with van der Waals surface area (Å²) in [5, 5.41) is -0.227. The number of fused-ring (bicyclic) bond motifs is 1. The summed E-state index contributed by atoms with van der Waals surface area (Å²) in [7, 11) is 0. The summed E-state index contributed by atoms with van der Waals surface area (Å²) in [6, 6.07) is 3.28. The Kier molecular flexibility index (Phi) is 4.82. The predicted octanol–water partition coefficient (Wildman–Crippen LogP) is 5.09. The highest BCUT2D eigenvalue weighted by Crippen LogP contribution is 2.36. The Balaban J connectivity index is 2.66. The van der Waals surface area contributed by atoms with Gasteiger partial charge in [0, 0.05) is 18.1 Å². The molecule has 0 aliphatic carbocycles. The summed E-state index contributed by atoms with van der Waals surface area (Å²) in [6.45, 7) is 1.98. The molecular weight excluding hydrogens is 340 g/mol. The van der Waals surface area contributed by atoms with Gasteiger partial charge < -0.3 is 9.30 Å². The molecule has 0 N–H and O–H groups in total.